The lowest BCUT2D eigenvalue weighted by atomic mass is 10.1. The highest BCUT2D eigenvalue weighted by Gasteiger charge is 2.26. The molecule has 2 heterocycles. The number of pyridine rings is 1. The van der Waals surface area contributed by atoms with E-state index in [2.05, 4.69) is 15.1 Å². The molecule has 0 bridgehead atoms. The maximum absolute atomic E-state index is 12.9. The van der Waals surface area contributed by atoms with Crippen LogP contribution in [0.25, 0.3) is 11.4 Å². The fraction of sp³-hybridized carbons (Fsp3) is 0.333. The molecule has 0 aliphatic rings. The number of rotatable bonds is 8. The molecule has 0 unspecified atom stereocenters. The number of benzene rings is 1. The van der Waals surface area contributed by atoms with Gasteiger partial charge in [-0.1, -0.05) is 25.1 Å². The average molecular weight is 445 g/mol. The fourth-order valence-corrected chi connectivity index (χ4v) is 4.71. The number of aromatic nitrogens is 3. The first-order chi connectivity index (χ1) is 14.8. The van der Waals surface area contributed by atoms with E-state index in [1.807, 2.05) is 0 Å². The van der Waals surface area contributed by atoms with Crippen LogP contribution in [0.4, 0.5) is 0 Å². The molecule has 2 aromatic heterocycles. The molecular formula is C21H24N4O5S. The maximum atomic E-state index is 12.9. The number of ether oxygens (including phenoxy) is 1. The zero-order valence-electron chi connectivity index (χ0n) is 17.8. The van der Waals surface area contributed by atoms with Crippen LogP contribution in [-0.2, 0) is 14.8 Å². The van der Waals surface area contributed by atoms with Crippen molar-refractivity contribution in [2.75, 3.05) is 13.1 Å². The molecule has 1 aromatic carbocycles. The minimum absolute atomic E-state index is 0.0787. The Hall–Kier alpha value is -3.11. The minimum atomic E-state index is -3.72. The molecule has 0 aliphatic heterocycles. The van der Waals surface area contributed by atoms with Crippen LogP contribution < -0.4 is 0 Å². The Kier molecular flexibility index (Phi) is 6.81. The van der Waals surface area contributed by atoms with E-state index in [1.165, 1.54) is 16.4 Å². The summed E-state index contributed by atoms with van der Waals surface area (Å²) in [6.45, 7) is 7.48. The number of aryl methyl sites for hydroxylation is 1. The summed E-state index contributed by atoms with van der Waals surface area (Å²) < 4.78 is 37.8. The number of carbonyl (C=O) groups is 1. The standard InChI is InChI=1S/C21H24N4O5S/c1-5-25(6-2)31(27,28)18-12-16(10-9-14(18)3)21(26)29-15(4)20-23-19(24-30-20)17-8-7-11-22-13-17/h7-13,15H,5-6H2,1-4H3/t15-/m1/s1. The van der Waals surface area contributed by atoms with Crippen molar-refractivity contribution in [1.29, 1.82) is 0 Å². The molecule has 0 saturated heterocycles. The van der Waals surface area contributed by atoms with Gasteiger partial charge in [-0.3, -0.25) is 4.98 Å². The van der Waals surface area contributed by atoms with Crippen molar-refractivity contribution in [3.05, 3.63) is 59.7 Å². The summed E-state index contributed by atoms with van der Waals surface area (Å²) >= 11 is 0. The van der Waals surface area contributed by atoms with E-state index >= 15 is 0 Å². The van der Waals surface area contributed by atoms with Gasteiger partial charge < -0.3 is 9.26 Å². The Morgan fingerprint density at radius 2 is 1.97 bits per heavy atom. The molecule has 164 valence electrons. The lowest BCUT2D eigenvalue weighted by molar-refractivity contribution is 0.0265. The van der Waals surface area contributed by atoms with Gasteiger partial charge in [-0.25, -0.2) is 13.2 Å². The first-order valence-corrected chi connectivity index (χ1v) is 11.3. The quantitative estimate of drug-likeness (QED) is 0.486. The van der Waals surface area contributed by atoms with Crippen LogP contribution in [0.2, 0.25) is 0 Å². The lowest BCUT2D eigenvalue weighted by Gasteiger charge is -2.20. The van der Waals surface area contributed by atoms with E-state index in [1.54, 1.807) is 58.3 Å². The third-order valence-electron chi connectivity index (χ3n) is 4.74. The first kappa shape index (κ1) is 22.6. The third kappa shape index (κ3) is 4.80. The van der Waals surface area contributed by atoms with Gasteiger partial charge >= 0.3 is 5.97 Å². The monoisotopic (exact) mass is 444 g/mol. The molecule has 3 aromatic rings. The van der Waals surface area contributed by atoms with E-state index in [0.717, 1.165) is 0 Å². The van der Waals surface area contributed by atoms with Crippen LogP contribution in [0.5, 0.6) is 0 Å². The highest BCUT2D eigenvalue weighted by Crippen LogP contribution is 2.24. The van der Waals surface area contributed by atoms with Gasteiger partial charge in [0.25, 0.3) is 5.89 Å². The van der Waals surface area contributed by atoms with Crippen LogP contribution >= 0.6 is 0 Å². The highest BCUT2D eigenvalue weighted by molar-refractivity contribution is 7.89. The molecule has 10 heteroatoms. The molecule has 1 atom stereocenters. The van der Waals surface area contributed by atoms with Crippen LogP contribution in [0.15, 0.2) is 52.1 Å². The van der Waals surface area contributed by atoms with Crippen LogP contribution in [0.3, 0.4) is 0 Å². The van der Waals surface area contributed by atoms with E-state index in [9.17, 15) is 13.2 Å². The van der Waals surface area contributed by atoms with Crippen molar-refractivity contribution in [2.24, 2.45) is 0 Å². The van der Waals surface area contributed by atoms with Gasteiger partial charge in [0.1, 0.15) is 0 Å². The molecule has 0 fully saturated rings. The second kappa shape index (κ2) is 9.36. The number of sulfonamides is 1. The van der Waals surface area contributed by atoms with Crippen molar-refractivity contribution in [3.63, 3.8) is 0 Å². The van der Waals surface area contributed by atoms with E-state index in [0.29, 0.717) is 30.0 Å². The van der Waals surface area contributed by atoms with Gasteiger partial charge in [-0.2, -0.15) is 9.29 Å². The molecule has 0 N–H and O–H groups in total. The van der Waals surface area contributed by atoms with E-state index in [4.69, 9.17) is 9.26 Å². The predicted molar refractivity (Wildman–Crippen MR) is 113 cm³/mol. The predicted octanol–water partition coefficient (Wildman–Crippen LogP) is 3.39. The molecule has 0 amide bonds. The molecule has 9 nitrogen and oxygen atoms in total. The van der Waals surface area contributed by atoms with E-state index in [-0.39, 0.29) is 16.3 Å². The fourth-order valence-electron chi connectivity index (χ4n) is 3.00. The summed E-state index contributed by atoms with van der Waals surface area (Å²) in [4.78, 5) is 21.0. The van der Waals surface area contributed by atoms with E-state index < -0.39 is 22.1 Å². The van der Waals surface area contributed by atoms with Crippen molar-refractivity contribution in [1.82, 2.24) is 19.4 Å². The molecule has 31 heavy (non-hydrogen) atoms. The lowest BCUT2D eigenvalue weighted by Crippen LogP contribution is -2.31. The molecule has 0 saturated carbocycles. The second-order valence-electron chi connectivity index (χ2n) is 6.82. The van der Waals surface area contributed by atoms with Crippen molar-refractivity contribution in [2.45, 2.75) is 38.7 Å². The van der Waals surface area contributed by atoms with Crippen molar-refractivity contribution < 1.29 is 22.5 Å². The third-order valence-corrected chi connectivity index (χ3v) is 6.93. The maximum Gasteiger partial charge on any atom is 0.338 e. The summed E-state index contributed by atoms with van der Waals surface area (Å²) in [6, 6.07) is 7.98. The van der Waals surface area contributed by atoms with Gasteiger partial charge in [-0.15, -0.1) is 0 Å². The van der Waals surface area contributed by atoms with Crippen LogP contribution in [0.1, 0.15) is 48.7 Å². The highest BCUT2D eigenvalue weighted by atomic mass is 32.2. The second-order valence-corrected chi connectivity index (χ2v) is 8.72. The Morgan fingerprint density at radius 3 is 2.61 bits per heavy atom. The van der Waals surface area contributed by atoms with Gasteiger partial charge in [-0.05, 0) is 43.7 Å². The van der Waals surface area contributed by atoms with Crippen LogP contribution in [-0.4, -0.2) is 46.9 Å². The minimum Gasteiger partial charge on any atom is -0.449 e. The number of carbonyl (C=O) groups excluding carboxylic acids is 1. The largest absolute Gasteiger partial charge is 0.449 e. The molecule has 0 radical (unpaired) electrons. The van der Waals surface area contributed by atoms with Crippen molar-refractivity contribution >= 4 is 16.0 Å². The number of nitrogens with zero attached hydrogens (tertiary/aromatic N) is 4. The van der Waals surface area contributed by atoms with Gasteiger partial charge in [0.15, 0.2) is 6.10 Å². The topological polar surface area (TPSA) is 115 Å². The smallest absolute Gasteiger partial charge is 0.338 e. The number of hydrogen-bond acceptors (Lipinski definition) is 8. The summed E-state index contributed by atoms with van der Waals surface area (Å²) in [5, 5.41) is 3.88. The first-order valence-electron chi connectivity index (χ1n) is 9.83. The number of hydrogen-bond donors (Lipinski definition) is 0. The van der Waals surface area contributed by atoms with Gasteiger partial charge in [0.2, 0.25) is 15.8 Å². The molecule has 0 aliphatic carbocycles. The number of esters is 1. The average Bonchev–Trinajstić information content (AvgIpc) is 3.25. The zero-order valence-corrected chi connectivity index (χ0v) is 18.6. The molecular weight excluding hydrogens is 420 g/mol. The van der Waals surface area contributed by atoms with Gasteiger partial charge in [0, 0.05) is 31.0 Å². The molecule has 3 rings (SSSR count). The molecule has 0 spiro atoms. The Labute approximate surface area is 181 Å². The summed E-state index contributed by atoms with van der Waals surface area (Å²) in [5.74, 6) is -0.242. The zero-order chi connectivity index (χ0) is 22.6. The Morgan fingerprint density at radius 1 is 1.23 bits per heavy atom. The van der Waals surface area contributed by atoms with Crippen LogP contribution in [0, 0.1) is 6.92 Å². The van der Waals surface area contributed by atoms with Crippen molar-refractivity contribution in [3.8, 4) is 11.4 Å². The summed E-state index contributed by atoms with van der Waals surface area (Å²) in [5.41, 5.74) is 1.34. The summed E-state index contributed by atoms with van der Waals surface area (Å²) in [7, 11) is -3.72. The Bertz CT molecular complexity index is 1160. The normalized spacial score (nSPS) is 12.7. The summed E-state index contributed by atoms with van der Waals surface area (Å²) in [6.07, 6.45) is 2.40. The Balaban J connectivity index is 1.80. The van der Waals surface area contributed by atoms with Gasteiger partial charge in [0.05, 0.1) is 10.5 Å². The SMILES string of the molecule is CCN(CC)S(=O)(=O)c1cc(C(=O)O[C@H](C)c2nc(-c3cccnc3)no2)ccc1C.